The minimum atomic E-state index is -0.955. The van der Waals surface area contributed by atoms with Crippen LogP contribution >= 0.6 is 0 Å². The molecule has 0 aromatic rings. The lowest BCUT2D eigenvalue weighted by Gasteiger charge is -2.09. The lowest BCUT2D eigenvalue weighted by Crippen LogP contribution is -2.23. The fraction of sp³-hybridized carbons (Fsp3) is 0.800. The minimum absolute atomic E-state index is 0.192. The number of ether oxygens (including phenoxy) is 1. The van der Waals surface area contributed by atoms with E-state index in [2.05, 4.69) is 18.1 Å². The van der Waals surface area contributed by atoms with Crippen molar-refractivity contribution in [3.63, 3.8) is 0 Å². The highest BCUT2D eigenvalue weighted by atomic mass is 28.3. The molecule has 0 aliphatic heterocycles. The maximum absolute atomic E-state index is 9.73. The smallest absolute Gasteiger partial charge is 0.237 e. The molecule has 0 N–H and O–H groups in total. The molecule has 0 heterocycles. The Kier molecular flexibility index (Phi) is 4.22. The highest BCUT2D eigenvalue weighted by Gasteiger charge is 2.10. The third kappa shape index (κ3) is 3.19. The second-order valence-electron chi connectivity index (χ2n) is 2.09. The molecule has 0 radical (unpaired) electrons. The number of hydrogen-bond donors (Lipinski definition) is 0. The Hall–Kier alpha value is -0.443. The zero-order chi connectivity index (χ0) is 7.28. The number of carbonyl (C=O) groups excluding carboxylic acids is 1. The van der Waals surface area contributed by atoms with Crippen molar-refractivity contribution in [3.05, 3.63) is 0 Å². The molecule has 0 amide bonds. The topological polar surface area (TPSA) is 38.7 Å². The van der Waals surface area contributed by atoms with Gasteiger partial charge in [0.1, 0.15) is 5.85 Å². The van der Waals surface area contributed by atoms with Gasteiger partial charge in [0.05, 0.1) is 8.80 Å². The second-order valence-corrected chi connectivity index (χ2v) is 5.15. The average molecular weight is 145 g/mol. The molecule has 0 aliphatic rings. The molecule has 0 spiro atoms. The SMILES string of the molecule is COC(N=C=O)[SiH](C)C. The summed E-state index contributed by atoms with van der Waals surface area (Å²) >= 11 is 0. The van der Waals surface area contributed by atoms with E-state index in [9.17, 15) is 4.79 Å². The van der Waals surface area contributed by atoms with Gasteiger partial charge < -0.3 is 4.74 Å². The second kappa shape index (κ2) is 4.44. The molecule has 0 aliphatic carbocycles. The van der Waals surface area contributed by atoms with Gasteiger partial charge in [-0.3, -0.25) is 0 Å². The third-order valence-corrected chi connectivity index (χ3v) is 2.55. The van der Waals surface area contributed by atoms with Crippen LogP contribution in [0.4, 0.5) is 0 Å². The lowest BCUT2D eigenvalue weighted by molar-refractivity contribution is 0.168. The quantitative estimate of drug-likeness (QED) is 0.326. The van der Waals surface area contributed by atoms with Crippen LogP contribution in [0.25, 0.3) is 0 Å². The van der Waals surface area contributed by atoms with Crippen LogP contribution in [0.2, 0.25) is 13.1 Å². The zero-order valence-electron chi connectivity index (χ0n) is 5.92. The summed E-state index contributed by atoms with van der Waals surface area (Å²) in [7, 11) is 0.600. The Morgan fingerprint density at radius 3 is 2.33 bits per heavy atom. The van der Waals surface area contributed by atoms with Crippen molar-refractivity contribution in [2.24, 2.45) is 4.99 Å². The first kappa shape index (κ1) is 8.56. The van der Waals surface area contributed by atoms with Crippen molar-refractivity contribution >= 4 is 14.9 Å². The van der Waals surface area contributed by atoms with E-state index in [1.54, 1.807) is 7.11 Å². The number of methoxy groups -OCH3 is 1. The van der Waals surface area contributed by atoms with Crippen LogP contribution in [-0.4, -0.2) is 27.8 Å². The Balaban J connectivity index is 3.82. The van der Waals surface area contributed by atoms with Crippen LogP contribution in [0.5, 0.6) is 0 Å². The summed E-state index contributed by atoms with van der Waals surface area (Å²) in [6.45, 7) is 4.13. The molecule has 1 atom stereocenters. The first-order chi connectivity index (χ1) is 4.22. The van der Waals surface area contributed by atoms with E-state index in [0.29, 0.717) is 0 Å². The first-order valence-electron chi connectivity index (χ1n) is 2.82. The molecule has 52 valence electrons. The average Bonchev–Trinajstić information content (AvgIpc) is 1.82. The summed E-state index contributed by atoms with van der Waals surface area (Å²) in [6.07, 6.45) is 1.48. The van der Waals surface area contributed by atoms with Gasteiger partial charge in [-0.1, -0.05) is 13.1 Å². The van der Waals surface area contributed by atoms with Crippen LogP contribution in [0.15, 0.2) is 4.99 Å². The molecule has 0 fully saturated rings. The fourth-order valence-electron chi connectivity index (χ4n) is 0.526. The van der Waals surface area contributed by atoms with Crippen LogP contribution in [0.3, 0.4) is 0 Å². The Morgan fingerprint density at radius 1 is 1.67 bits per heavy atom. The maximum atomic E-state index is 9.73. The summed E-state index contributed by atoms with van der Waals surface area (Å²) in [5.74, 6) is -0.192. The van der Waals surface area contributed by atoms with Gasteiger partial charge in [-0.05, 0) is 0 Å². The minimum Gasteiger partial charge on any atom is -0.363 e. The summed E-state index contributed by atoms with van der Waals surface area (Å²) < 4.78 is 4.88. The normalized spacial score (nSPS) is 12.9. The van der Waals surface area contributed by atoms with E-state index in [0.717, 1.165) is 0 Å². The molecule has 0 rings (SSSR count). The van der Waals surface area contributed by atoms with Crippen molar-refractivity contribution in [3.8, 4) is 0 Å². The van der Waals surface area contributed by atoms with E-state index >= 15 is 0 Å². The van der Waals surface area contributed by atoms with Crippen molar-refractivity contribution < 1.29 is 9.53 Å². The summed E-state index contributed by atoms with van der Waals surface area (Å²) in [5, 5.41) is 0. The molecule has 0 saturated heterocycles. The highest BCUT2D eigenvalue weighted by molar-refractivity contribution is 6.57. The fourth-order valence-corrected chi connectivity index (χ4v) is 1.43. The Bertz CT molecular complexity index is 120. The van der Waals surface area contributed by atoms with Crippen LogP contribution in [-0.2, 0) is 9.53 Å². The summed E-state index contributed by atoms with van der Waals surface area (Å²) in [6, 6.07) is 0. The molecular formula is C5H11NO2Si. The van der Waals surface area contributed by atoms with Crippen molar-refractivity contribution in [1.29, 1.82) is 0 Å². The Labute approximate surface area is 56.3 Å². The van der Waals surface area contributed by atoms with Gasteiger partial charge in [0.25, 0.3) is 0 Å². The standard InChI is InChI=1S/C5H11NO2Si/c1-8-5(6-4-7)9(2)3/h5,9H,1-3H3. The van der Waals surface area contributed by atoms with E-state index < -0.39 is 8.80 Å². The predicted octanol–water partition coefficient (Wildman–Crippen LogP) is 0.321. The number of rotatable bonds is 3. The molecule has 0 aromatic carbocycles. The van der Waals surface area contributed by atoms with Crippen molar-refractivity contribution in [1.82, 2.24) is 0 Å². The van der Waals surface area contributed by atoms with Crippen LogP contribution in [0, 0.1) is 0 Å². The highest BCUT2D eigenvalue weighted by Crippen LogP contribution is 1.95. The number of nitrogens with zero attached hydrogens (tertiary/aromatic N) is 1. The maximum Gasteiger partial charge on any atom is 0.237 e. The van der Waals surface area contributed by atoms with Crippen molar-refractivity contribution in [2.75, 3.05) is 7.11 Å². The number of isocyanates is 1. The van der Waals surface area contributed by atoms with Gasteiger partial charge in [-0.15, -0.1) is 0 Å². The molecular weight excluding hydrogens is 134 g/mol. The predicted molar refractivity (Wildman–Crippen MR) is 37.8 cm³/mol. The first-order valence-corrected chi connectivity index (χ1v) is 5.79. The molecule has 4 heteroatoms. The Morgan fingerprint density at radius 2 is 2.22 bits per heavy atom. The summed E-state index contributed by atoms with van der Waals surface area (Å²) in [5.41, 5.74) is 0. The van der Waals surface area contributed by atoms with Gasteiger partial charge in [-0.2, -0.15) is 4.99 Å². The van der Waals surface area contributed by atoms with Crippen LogP contribution in [0.1, 0.15) is 0 Å². The van der Waals surface area contributed by atoms with Gasteiger partial charge in [0.15, 0.2) is 0 Å². The number of hydrogen-bond acceptors (Lipinski definition) is 3. The van der Waals surface area contributed by atoms with E-state index in [-0.39, 0.29) is 5.85 Å². The molecule has 3 nitrogen and oxygen atoms in total. The molecule has 0 saturated carbocycles. The molecule has 9 heavy (non-hydrogen) atoms. The zero-order valence-corrected chi connectivity index (χ0v) is 7.07. The summed E-state index contributed by atoms with van der Waals surface area (Å²) in [4.78, 5) is 13.2. The van der Waals surface area contributed by atoms with E-state index in [1.165, 1.54) is 6.08 Å². The van der Waals surface area contributed by atoms with Gasteiger partial charge in [-0.25, -0.2) is 4.79 Å². The van der Waals surface area contributed by atoms with E-state index in [4.69, 9.17) is 4.74 Å². The lowest BCUT2D eigenvalue weighted by atomic mass is 11.2. The van der Waals surface area contributed by atoms with E-state index in [1.807, 2.05) is 0 Å². The molecule has 0 bridgehead atoms. The molecule has 0 aromatic heterocycles. The van der Waals surface area contributed by atoms with Gasteiger partial charge >= 0.3 is 0 Å². The van der Waals surface area contributed by atoms with Gasteiger partial charge in [0, 0.05) is 7.11 Å². The van der Waals surface area contributed by atoms with Gasteiger partial charge in [0.2, 0.25) is 6.08 Å². The van der Waals surface area contributed by atoms with Crippen LogP contribution < -0.4 is 0 Å². The van der Waals surface area contributed by atoms with Crippen molar-refractivity contribution in [2.45, 2.75) is 18.9 Å². The largest absolute Gasteiger partial charge is 0.363 e. The molecule has 1 unspecified atom stereocenters. The monoisotopic (exact) mass is 145 g/mol. The number of aliphatic imine (C=N–C) groups is 1. The third-order valence-electron chi connectivity index (χ3n) is 0.992.